The van der Waals surface area contributed by atoms with Crippen LogP contribution in [0.3, 0.4) is 0 Å². The van der Waals surface area contributed by atoms with Crippen LogP contribution in [-0.4, -0.2) is 18.3 Å². The lowest BCUT2D eigenvalue weighted by atomic mass is 10.2. The highest BCUT2D eigenvalue weighted by Crippen LogP contribution is 2.19. The molecule has 0 saturated heterocycles. The molecule has 84 valence electrons. The van der Waals surface area contributed by atoms with E-state index in [2.05, 4.69) is 5.32 Å². The number of hydrogen-bond donors (Lipinski definition) is 2. The number of hydrogen-bond acceptors (Lipinski definition) is 1. The summed E-state index contributed by atoms with van der Waals surface area (Å²) < 4.78 is 0. The summed E-state index contributed by atoms with van der Waals surface area (Å²) >= 11 is 11.8. The molecule has 0 aromatic heterocycles. The molecule has 0 fully saturated rings. The van der Waals surface area contributed by atoms with E-state index in [4.69, 9.17) is 28.3 Å². The molecule has 0 atom stereocenters. The summed E-state index contributed by atoms with van der Waals surface area (Å²) in [4.78, 5) is 0. The minimum atomic E-state index is 0.273. The summed E-state index contributed by atoms with van der Waals surface area (Å²) in [5.74, 6) is 0. The zero-order chi connectivity index (χ0) is 11.1. The summed E-state index contributed by atoms with van der Waals surface area (Å²) in [6.45, 7) is 2.15. The molecule has 0 saturated carbocycles. The SMILES string of the molecule is OCCCC[NH2+]Cc1ccc(Cl)cc1Cl. The highest BCUT2D eigenvalue weighted by atomic mass is 35.5. The van der Waals surface area contributed by atoms with Crippen LogP contribution >= 0.6 is 23.2 Å². The fourth-order valence-electron chi connectivity index (χ4n) is 1.35. The Kier molecular flexibility index (Phi) is 6.03. The number of quaternary nitrogens is 1. The number of aliphatic hydroxyl groups is 1. The number of aliphatic hydroxyl groups excluding tert-OH is 1. The summed E-state index contributed by atoms with van der Waals surface area (Å²) in [5, 5.41) is 12.2. The van der Waals surface area contributed by atoms with Crippen molar-refractivity contribution in [3.05, 3.63) is 33.8 Å². The molecule has 1 aromatic carbocycles. The van der Waals surface area contributed by atoms with Crippen LogP contribution in [0.15, 0.2) is 18.2 Å². The Morgan fingerprint density at radius 2 is 2.00 bits per heavy atom. The molecule has 4 heteroatoms. The van der Waals surface area contributed by atoms with E-state index in [1.165, 1.54) is 0 Å². The Balaban J connectivity index is 2.31. The highest BCUT2D eigenvalue weighted by Gasteiger charge is 2.02. The van der Waals surface area contributed by atoms with E-state index >= 15 is 0 Å². The number of rotatable bonds is 6. The molecular formula is C11H16Cl2NO+. The zero-order valence-corrected chi connectivity index (χ0v) is 10.1. The van der Waals surface area contributed by atoms with Crippen molar-refractivity contribution in [2.45, 2.75) is 19.4 Å². The van der Waals surface area contributed by atoms with E-state index in [1.807, 2.05) is 12.1 Å². The number of nitrogens with two attached hydrogens (primary N) is 1. The average molecular weight is 249 g/mol. The Morgan fingerprint density at radius 3 is 2.67 bits per heavy atom. The van der Waals surface area contributed by atoms with Crippen LogP contribution < -0.4 is 5.32 Å². The van der Waals surface area contributed by atoms with Gasteiger partial charge in [-0.1, -0.05) is 29.3 Å². The third kappa shape index (κ3) is 4.85. The monoisotopic (exact) mass is 248 g/mol. The van der Waals surface area contributed by atoms with Crippen molar-refractivity contribution in [1.82, 2.24) is 0 Å². The van der Waals surface area contributed by atoms with E-state index in [-0.39, 0.29) is 6.61 Å². The molecule has 2 nitrogen and oxygen atoms in total. The van der Waals surface area contributed by atoms with Gasteiger partial charge in [0.1, 0.15) is 6.54 Å². The zero-order valence-electron chi connectivity index (χ0n) is 8.55. The lowest BCUT2D eigenvalue weighted by Crippen LogP contribution is -2.82. The molecule has 0 unspecified atom stereocenters. The highest BCUT2D eigenvalue weighted by molar-refractivity contribution is 6.35. The Hall–Kier alpha value is -0.280. The molecule has 0 aliphatic heterocycles. The van der Waals surface area contributed by atoms with Crippen LogP contribution in [0.5, 0.6) is 0 Å². The van der Waals surface area contributed by atoms with E-state index in [0.29, 0.717) is 5.02 Å². The van der Waals surface area contributed by atoms with E-state index < -0.39 is 0 Å². The van der Waals surface area contributed by atoms with Crippen molar-refractivity contribution < 1.29 is 10.4 Å². The van der Waals surface area contributed by atoms with Gasteiger partial charge in [0.05, 0.1) is 11.6 Å². The molecule has 1 aromatic rings. The molecule has 0 amide bonds. The van der Waals surface area contributed by atoms with E-state index in [9.17, 15) is 0 Å². The summed E-state index contributed by atoms with van der Waals surface area (Å²) in [6.07, 6.45) is 1.90. The van der Waals surface area contributed by atoms with Crippen LogP contribution in [-0.2, 0) is 6.54 Å². The molecule has 15 heavy (non-hydrogen) atoms. The predicted molar refractivity (Wildman–Crippen MR) is 63.3 cm³/mol. The van der Waals surface area contributed by atoms with Gasteiger partial charge in [-0.3, -0.25) is 0 Å². The van der Waals surface area contributed by atoms with Crippen molar-refractivity contribution in [2.75, 3.05) is 13.2 Å². The van der Waals surface area contributed by atoms with Gasteiger partial charge in [-0.25, -0.2) is 0 Å². The largest absolute Gasteiger partial charge is 0.396 e. The van der Waals surface area contributed by atoms with Crippen LogP contribution in [0, 0.1) is 0 Å². The van der Waals surface area contributed by atoms with Crippen molar-refractivity contribution in [3.8, 4) is 0 Å². The van der Waals surface area contributed by atoms with Crippen molar-refractivity contribution >= 4 is 23.2 Å². The predicted octanol–water partition coefficient (Wildman–Crippen LogP) is 1.83. The first kappa shape index (κ1) is 12.8. The fourth-order valence-corrected chi connectivity index (χ4v) is 1.83. The molecule has 0 bridgehead atoms. The number of halogens is 2. The molecule has 0 aliphatic carbocycles. The smallest absolute Gasteiger partial charge is 0.103 e. The summed E-state index contributed by atoms with van der Waals surface area (Å²) in [5.41, 5.74) is 1.10. The van der Waals surface area contributed by atoms with Crippen LogP contribution in [0.2, 0.25) is 10.0 Å². The molecule has 0 spiro atoms. The maximum absolute atomic E-state index is 8.61. The normalized spacial score (nSPS) is 10.6. The van der Waals surface area contributed by atoms with E-state index in [0.717, 1.165) is 36.5 Å². The lowest BCUT2D eigenvalue weighted by Gasteiger charge is -2.04. The standard InChI is InChI=1S/C11H15Cl2NO/c12-10-4-3-9(11(13)7-10)8-14-5-1-2-6-15/h3-4,7,14-15H,1-2,5-6,8H2/p+1. The van der Waals surface area contributed by atoms with Gasteiger partial charge >= 0.3 is 0 Å². The minimum absolute atomic E-state index is 0.273. The molecule has 3 N–H and O–H groups in total. The molecule has 0 heterocycles. The third-order valence-corrected chi connectivity index (χ3v) is 2.78. The van der Waals surface area contributed by atoms with Crippen LogP contribution in [0.4, 0.5) is 0 Å². The summed E-state index contributed by atoms with van der Waals surface area (Å²) in [6, 6.07) is 5.57. The molecule has 0 aliphatic rings. The second kappa shape index (κ2) is 7.07. The average Bonchev–Trinajstić information content (AvgIpc) is 2.20. The van der Waals surface area contributed by atoms with Gasteiger partial charge in [0, 0.05) is 17.2 Å². The van der Waals surface area contributed by atoms with Gasteiger partial charge in [-0.05, 0) is 25.0 Å². The van der Waals surface area contributed by atoms with E-state index in [1.54, 1.807) is 6.07 Å². The first-order valence-electron chi connectivity index (χ1n) is 5.10. The Bertz CT molecular complexity index is 305. The number of benzene rings is 1. The van der Waals surface area contributed by atoms with Crippen molar-refractivity contribution in [1.29, 1.82) is 0 Å². The van der Waals surface area contributed by atoms with Gasteiger partial charge in [-0.15, -0.1) is 0 Å². The summed E-state index contributed by atoms with van der Waals surface area (Å²) in [7, 11) is 0. The maximum Gasteiger partial charge on any atom is 0.103 e. The van der Waals surface area contributed by atoms with Gasteiger partial charge in [-0.2, -0.15) is 0 Å². The Labute approximate surface area is 100 Å². The van der Waals surface area contributed by atoms with Crippen molar-refractivity contribution in [2.24, 2.45) is 0 Å². The lowest BCUT2D eigenvalue weighted by molar-refractivity contribution is -0.671. The molecular weight excluding hydrogens is 233 g/mol. The minimum Gasteiger partial charge on any atom is -0.396 e. The van der Waals surface area contributed by atoms with Gasteiger partial charge in [0.2, 0.25) is 0 Å². The van der Waals surface area contributed by atoms with Gasteiger partial charge < -0.3 is 10.4 Å². The quantitative estimate of drug-likeness (QED) is 0.741. The van der Waals surface area contributed by atoms with Crippen LogP contribution in [0.25, 0.3) is 0 Å². The van der Waals surface area contributed by atoms with Crippen molar-refractivity contribution in [3.63, 3.8) is 0 Å². The van der Waals surface area contributed by atoms with Gasteiger partial charge in [0.25, 0.3) is 0 Å². The second-order valence-corrected chi connectivity index (χ2v) is 4.29. The maximum atomic E-state index is 8.61. The Morgan fingerprint density at radius 1 is 1.20 bits per heavy atom. The first-order valence-corrected chi connectivity index (χ1v) is 5.86. The second-order valence-electron chi connectivity index (χ2n) is 3.45. The first-order chi connectivity index (χ1) is 7.24. The molecule has 0 radical (unpaired) electrons. The topological polar surface area (TPSA) is 36.8 Å². The third-order valence-electron chi connectivity index (χ3n) is 2.20. The molecule has 1 rings (SSSR count). The van der Waals surface area contributed by atoms with Gasteiger partial charge in [0.15, 0.2) is 0 Å². The number of unbranched alkanes of at least 4 members (excludes halogenated alkanes) is 1. The fraction of sp³-hybridized carbons (Fsp3) is 0.455. The van der Waals surface area contributed by atoms with Crippen LogP contribution in [0.1, 0.15) is 18.4 Å².